The quantitative estimate of drug-likeness (QED) is 0.251. The lowest BCUT2D eigenvalue weighted by Gasteiger charge is -2.05. The van der Waals surface area contributed by atoms with E-state index in [-0.39, 0.29) is 18.3 Å². The van der Waals surface area contributed by atoms with E-state index in [0.717, 1.165) is 32.7 Å². The largest absolute Gasteiger partial charge is 0.494 e. The average Bonchev–Trinajstić information content (AvgIpc) is 3.54. The average molecular weight is 506 g/mol. The summed E-state index contributed by atoms with van der Waals surface area (Å²) in [6.45, 7) is 1.34. The highest BCUT2D eigenvalue weighted by Crippen LogP contribution is 2.39. The first kappa shape index (κ1) is 24.5. The molecule has 0 bridgehead atoms. The van der Waals surface area contributed by atoms with Gasteiger partial charge in [-0.05, 0) is 47.5 Å². The van der Waals surface area contributed by atoms with Gasteiger partial charge in [0.2, 0.25) is 0 Å². The standard InChI is InChI=1S/C27H23N3O3S.ClH/c1-32-23-14-13-22(19-6-3-2-4-7-19)25-24(23)29-27(34-25)30-26(31)20-11-9-18(10-12-20)16-28-17-21-8-5-15-33-21;/h2-15,28H,16-17H2,1H3,(H,29,30,31);1H. The van der Waals surface area contributed by atoms with Gasteiger partial charge in [0.05, 0.1) is 24.6 Å². The van der Waals surface area contributed by atoms with Gasteiger partial charge in [0.15, 0.2) is 5.13 Å². The zero-order chi connectivity index (χ0) is 23.3. The second-order valence-electron chi connectivity index (χ2n) is 7.71. The smallest absolute Gasteiger partial charge is 0.257 e. The number of ether oxygens (including phenoxy) is 1. The number of amides is 1. The normalized spacial score (nSPS) is 10.7. The number of aromatic nitrogens is 1. The van der Waals surface area contributed by atoms with E-state index >= 15 is 0 Å². The Balaban J connectivity index is 0.00000289. The summed E-state index contributed by atoms with van der Waals surface area (Å²) in [5.41, 5.74) is 4.54. The van der Waals surface area contributed by atoms with Crippen LogP contribution in [0.4, 0.5) is 5.13 Å². The number of thiazole rings is 1. The summed E-state index contributed by atoms with van der Waals surface area (Å²) >= 11 is 1.44. The number of fused-ring (bicyclic) bond motifs is 1. The number of halogens is 1. The van der Waals surface area contributed by atoms with Crippen molar-refractivity contribution in [3.8, 4) is 16.9 Å². The first-order valence-corrected chi connectivity index (χ1v) is 11.7. The molecule has 2 aromatic heterocycles. The topological polar surface area (TPSA) is 76.4 Å². The first-order chi connectivity index (χ1) is 16.7. The van der Waals surface area contributed by atoms with E-state index in [0.29, 0.717) is 29.5 Å². The number of furan rings is 1. The highest BCUT2D eigenvalue weighted by molar-refractivity contribution is 7.23. The van der Waals surface area contributed by atoms with Crippen molar-refractivity contribution in [3.05, 3.63) is 102 Å². The predicted molar refractivity (Wildman–Crippen MR) is 143 cm³/mol. The minimum Gasteiger partial charge on any atom is -0.494 e. The molecule has 0 atom stereocenters. The molecule has 2 heterocycles. The Hall–Kier alpha value is -3.65. The second kappa shape index (κ2) is 11.2. The van der Waals surface area contributed by atoms with Gasteiger partial charge in [-0.15, -0.1) is 12.4 Å². The number of carbonyl (C=O) groups is 1. The van der Waals surface area contributed by atoms with Gasteiger partial charge in [0.1, 0.15) is 17.0 Å². The van der Waals surface area contributed by atoms with Crippen LogP contribution in [0.1, 0.15) is 21.7 Å². The van der Waals surface area contributed by atoms with Gasteiger partial charge in [-0.2, -0.15) is 0 Å². The van der Waals surface area contributed by atoms with Crippen LogP contribution in [0.15, 0.2) is 89.5 Å². The third-order valence-electron chi connectivity index (χ3n) is 5.46. The molecule has 8 heteroatoms. The maximum Gasteiger partial charge on any atom is 0.257 e. The molecule has 0 aliphatic heterocycles. The number of hydrogen-bond acceptors (Lipinski definition) is 6. The minimum absolute atomic E-state index is 0. The van der Waals surface area contributed by atoms with E-state index < -0.39 is 0 Å². The first-order valence-electron chi connectivity index (χ1n) is 10.9. The van der Waals surface area contributed by atoms with Crippen LogP contribution in [0.5, 0.6) is 5.75 Å². The van der Waals surface area contributed by atoms with E-state index in [4.69, 9.17) is 9.15 Å². The molecule has 0 saturated carbocycles. The van der Waals surface area contributed by atoms with E-state index in [1.165, 1.54) is 11.3 Å². The summed E-state index contributed by atoms with van der Waals surface area (Å²) in [6, 6.07) is 25.4. The zero-order valence-corrected chi connectivity index (χ0v) is 20.6. The molecule has 0 spiro atoms. The predicted octanol–water partition coefficient (Wildman–Crippen LogP) is 6.53. The molecule has 1 amide bonds. The van der Waals surface area contributed by atoms with Gasteiger partial charge in [-0.25, -0.2) is 4.98 Å². The Labute approximate surface area is 213 Å². The lowest BCUT2D eigenvalue weighted by atomic mass is 10.1. The molecule has 178 valence electrons. The van der Waals surface area contributed by atoms with E-state index in [1.807, 2.05) is 66.7 Å². The van der Waals surface area contributed by atoms with Gasteiger partial charge in [0, 0.05) is 17.7 Å². The van der Waals surface area contributed by atoms with Crippen molar-refractivity contribution in [2.45, 2.75) is 13.1 Å². The molecule has 2 N–H and O–H groups in total. The number of carbonyl (C=O) groups excluding carboxylic acids is 1. The molecular weight excluding hydrogens is 482 g/mol. The molecule has 0 aliphatic rings. The van der Waals surface area contributed by atoms with Crippen molar-refractivity contribution >= 4 is 45.0 Å². The molecule has 0 unspecified atom stereocenters. The lowest BCUT2D eigenvalue weighted by Crippen LogP contribution is -2.13. The third-order valence-corrected chi connectivity index (χ3v) is 6.46. The van der Waals surface area contributed by atoms with E-state index in [1.54, 1.807) is 13.4 Å². The maximum absolute atomic E-state index is 12.9. The van der Waals surface area contributed by atoms with Gasteiger partial charge < -0.3 is 14.5 Å². The van der Waals surface area contributed by atoms with Crippen molar-refractivity contribution in [3.63, 3.8) is 0 Å². The highest BCUT2D eigenvalue weighted by atomic mass is 35.5. The Morgan fingerprint density at radius 1 is 0.971 bits per heavy atom. The van der Waals surface area contributed by atoms with E-state index in [2.05, 4.69) is 27.8 Å². The molecule has 5 rings (SSSR count). The fourth-order valence-electron chi connectivity index (χ4n) is 3.73. The summed E-state index contributed by atoms with van der Waals surface area (Å²) in [5.74, 6) is 1.37. The van der Waals surface area contributed by atoms with Crippen LogP contribution in [0.2, 0.25) is 0 Å². The van der Waals surface area contributed by atoms with Crippen LogP contribution in [-0.2, 0) is 13.1 Å². The molecule has 0 aliphatic carbocycles. The Morgan fingerprint density at radius 2 is 1.77 bits per heavy atom. The number of benzene rings is 3. The lowest BCUT2D eigenvalue weighted by molar-refractivity contribution is 0.102. The number of methoxy groups -OCH3 is 1. The number of nitrogens with zero attached hydrogens (tertiary/aromatic N) is 1. The molecule has 3 aromatic carbocycles. The number of hydrogen-bond donors (Lipinski definition) is 2. The number of anilines is 1. The van der Waals surface area contributed by atoms with Crippen LogP contribution in [0.3, 0.4) is 0 Å². The monoisotopic (exact) mass is 505 g/mol. The molecule has 5 aromatic rings. The summed E-state index contributed by atoms with van der Waals surface area (Å²) < 4.78 is 11.8. The third kappa shape index (κ3) is 5.54. The number of nitrogens with one attached hydrogen (secondary N) is 2. The van der Waals surface area contributed by atoms with Gasteiger partial charge >= 0.3 is 0 Å². The van der Waals surface area contributed by atoms with Crippen LogP contribution in [0.25, 0.3) is 21.3 Å². The Morgan fingerprint density at radius 3 is 2.49 bits per heavy atom. The van der Waals surface area contributed by atoms with Crippen LogP contribution >= 0.6 is 23.7 Å². The summed E-state index contributed by atoms with van der Waals surface area (Å²) in [5, 5.41) is 6.80. The van der Waals surface area contributed by atoms with Crippen molar-refractivity contribution < 1.29 is 13.9 Å². The van der Waals surface area contributed by atoms with Gasteiger partial charge in [-0.3, -0.25) is 10.1 Å². The molecule has 6 nitrogen and oxygen atoms in total. The molecule has 35 heavy (non-hydrogen) atoms. The van der Waals surface area contributed by atoms with Crippen molar-refractivity contribution in [2.75, 3.05) is 12.4 Å². The van der Waals surface area contributed by atoms with Gasteiger partial charge in [0.25, 0.3) is 5.91 Å². The van der Waals surface area contributed by atoms with Crippen molar-refractivity contribution in [2.24, 2.45) is 0 Å². The fourth-order valence-corrected chi connectivity index (χ4v) is 4.75. The zero-order valence-electron chi connectivity index (χ0n) is 19.0. The van der Waals surface area contributed by atoms with Crippen LogP contribution in [-0.4, -0.2) is 18.0 Å². The number of rotatable bonds is 8. The van der Waals surface area contributed by atoms with E-state index in [9.17, 15) is 4.79 Å². The SMILES string of the molecule is COc1ccc(-c2ccccc2)c2sc(NC(=O)c3ccc(CNCc4ccco4)cc3)nc12.Cl. The summed E-state index contributed by atoms with van der Waals surface area (Å²) in [6.07, 6.45) is 1.66. The Bertz CT molecular complexity index is 1400. The summed E-state index contributed by atoms with van der Waals surface area (Å²) in [7, 11) is 1.62. The molecule has 0 fully saturated rings. The highest BCUT2D eigenvalue weighted by Gasteiger charge is 2.16. The summed E-state index contributed by atoms with van der Waals surface area (Å²) in [4.78, 5) is 17.5. The van der Waals surface area contributed by atoms with Crippen molar-refractivity contribution in [1.82, 2.24) is 10.3 Å². The maximum atomic E-state index is 12.9. The second-order valence-corrected chi connectivity index (χ2v) is 8.71. The molecule has 0 radical (unpaired) electrons. The van der Waals surface area contributed by atoms with Crippen molar-refractivity contribution in [1.29, 1.82) is 0 Å². The minimum atomic E-state index is -0.200. The molecular formula is C27H24ClN3O3S. The molecule has 0 saturated heterocycles. The van der Waals surface area contributed by atoms with Gasteiger partial charge in [-0.1, -0.05) is 53.8 Å². The van der Waals surface area contributed by atoms with Crippen LogP contribution in [0, 0.1) is 0 Å². The Kier molecular flexibility index (Phi) is 7.82. The fraction of sp³-hybridized carbons (Fsp3) is 0.111. The van der Waals surface area contributed by atoms with Crippen LogP contribution < -0.4 is 15.4 Å².